The SMILES string of the molecule is Cn1cc(Nc2nc(N)ncc2C(F)(F)F)cn1. The first-order valence-corrected chi connectivity index (χ1v) is 4.81. The predicted octanol–water partition coefficient (Wildman–Crippen LogP) is 1.55. The largest absolute Gasteiger partial charge is 0.421 e. The average Bonchev–Trinajstić information content (AvgIpc) is 2.62. The van der Waals surface area contributed by atoms with Crippen LogP contribution in [0.2, 0.25) is 0 Å². The van der Waals surface area contributed by atoms with Crippen molar-refractivity contribution in [2.24, 2.45) is 7.05 Å². The van der Waals surface area contributed by atoms with Crippen molar-refractivity contribution in [2.75, 3.05) is 11.1 Å². The zero-order valence-corrected chi connectivity index (χ0v) is 9.23. The summed E-state index contributed by atoms with van der Waals surface area (Å²) in [6, 6.07) is 0. The lowest BCUT2D eigenvalue weighted by Gasteiger charge is -2.12. The lowest BCUT2D eigenvalue weighted by atomic mass is 10.3. The summed E-state index contributed by atoms with van der Waals surface area (Å²) in [5.41, 5.74) is 4.67. The summed E-state index contributed by atoms with van der Waals surface area (Å²) in [7, 11) is 1.64. The van der Waals surface area contributed by atoms with Gasteiger partial charge in [-0.2, -0.15) is 23.3 Å². The zero-order chi connectivity index (χ0) is 13.3. The zero-order valence-electron chi connectivity index (χ0n) is 9.23. The van der Waals surface area contributed by atoms with Crippen molar-refractivity contribution in [3.8, 4) is 0 Å². The monoisotopic (exact) mass is 258 g/mol. The standard InChI is InChI=1S/C9H9F3N6/c1-18-4-5(2-15-18)16-7-6(9(10,11)12)3-14-8(13)17-7/h2-4H,1H3,(H3,13,14,16,17). The summed E-state index contributed by atoms with van der Waals surface area (Å²) >= 11 is 0. The summed E-state index contributed by atoms with van der Waals surface area (Å²) in [5.74, 6) is -0.641. The topological polar surface area (TPSA) is 81.7 Å². The van der Waals surface area contributed by atoms with Crippen LogP contribution in [-0.4, -0.2) is 19.7 Å². The first-order chi connectivity index (χ1) is 8.36. The molecule has 0 unspecified atom stereocenters. The van der Waals surface area contributed by atoms with Gasteiger partial charge in [-0.3, -0.25) is 4.68 Å². The smallest absolute Gasteiger partial charge is 0.368 e. The molecule has 0 saturated heterocycles. The summed E-state index contributed by atoms with van der Waals surface area (Å²) in [4.78, 5) is 6.88. The van der Waals surface area contributed by atoms with Gasteiger partial charge in [-0.15, -0.1) is 0 Å². The van der Waals surface area contributed by atoms with Gasteiger partial charge >= 0.3 is 6.18 Å². The third kappa shape index (κ3) is 2.50. The number of aromatic nitrogens is 4. The maximum Gasteiger partial charge on any atom is 0.421 e. The highest BCUT2D eigenvalue weighted by atomic mass is 19.4. The van der Waals surface area contributed by atoms with Crippen molar-refractivity contribution >= 4 is 17.5 Å². The maximum absolute atomic E-state index is 12.7. The van der Waals surface area contributed by atoms with E-state index in [1.54, 1.807) is 7.05 Å². The quantitative estimate of drug-likeness (QED) is 0.854. The molecule has 2 aromatic heterocycles. The van der Waals surface area contributed by atoms with Gasteiger partial charge in [0, 0.05) is 19.4 Å². The number of nitrogens with two attached hydrogens (primary N) is 1. The van der Waals surface area contributed by atoms with Gasteiger partial charge in [0.1, 0.15) is 11.4 Å². The minimum atomic E-state index is -4.56. The molecule has 2 rings (SSSR count). The summed E-state index contributed by atoms with van der Waals surface area (Å²) in [6.45, 7) is 0. The average molecular weight is 258 g/mol. The van der Waals surface area contributed by atoms with Gasteiger partial charge in [0.2, 0.25) is 5.95 Å². The molecule has 3 N–H and O–H groups in total. The second-order valence-electron chi connectivity index (χ2n) is 3.52. The highest BCUT2D eigenvalue weighted by molar-refractivity contribution is 5.59. The fourth-order valence-corrected chi connectivity index (χ4v) is 1.32. The molecule has 0 spiro atoms. The van der Waals surface area contributed by atoms with E-state index in [9.17, 15) is 13.2 Å². The molecule has 0 aliphatic heterocycles. The molecule has 0 radical (unpaired) electrons. The van der Waals surface area contributed by atoms with Gasteiger partial charge in [0.25, 0.3) is 0 Å². The Morgan fingerprint density at radius 2 is 2.06 bits per heavy atom. The van der Waals surface area contributed by atoms with Gasteiger partial charge in [-0.25, -0.2) is 4.98 Å². The van der Waals surface area contributed by atoms with E-state index in [-0.39, 0.29) is 5.95 Å². The number of nitrogen functional groups attached to an aromatic ring is 1. The van der Waals surface area contributed by atoms with Crippen LogP contribution in [0.3, 0.4) is 0 Å². The lowest BCUT2D eigenvalue weighted by Crippen LogP contribution is -2.12. The predicted molar refractivity (Wildman–Crippen MR) is 57.9 cm³/mol. The van der Waals surface area contributed by atoms with Gasteiger partial charge in [0.15, 0.2) is 0 Å². The minimum absolute atomic E-state index is 0.241. The fourth-order valence-electron chi connectivity index (χ4n) is 1.32. The second-order valence-corrected chi connectivity index (χ2v) is 3.52. The molecule has 0 saturated carbocycles. The Hall–Kier alpha value is -2.32. The van der Waals surface area contributed by atoms with Crippen molar-refractivity contribution in [1.29, 1.82) is 0 Å². The molecule has 0 aromatic carbocycles. The molecule has 0 bridgehead atoms. The van der Waals surface area contributed by atoms with Crippen LogP contribution in [0, 0.1) is 0 Å². The molecule has 0 aliphatic carbocycles. The third-order valence-electron chi connectivity index (χ3n) is 2.08. The van der Waals surface area contributed by atoms with Crippen molar-refractivity contribution in [3.63, 3.8) is 0 Å². The Morgan fingerprint density at radius 1 is 1.33 bits per heavy atom. The van der Waals surface area contributed by atoms with Gasteiger partial charge in [-0.1, -0.05) is 0 Å². The fraction of sp³-hybridized carbons (Fsp3) is 0.222. The second kappa shape index (κ2) is 4.17. The van der Waals surface area contributed by atoms with Crippen LogP contribution in [0.15, 0.2) is 18.6 Å². The number of hydrogen-bond acceptors (Lipinski definition) is 5. The van der Waals surface area contributed by atoms with Crippen molar-refractivity contribution < 1.29 is 13.2 Å². The minimum Gasteiger partial charge on any atom is -0.368 e. The molecule has 96 valence electrons. The van der Waals surface area contributed by atoms with E-state index in [1.807, 2.05) is 0 Å². The number of rotatable bonds is 2. The van der Waals surface area contributed by atoms with Crippen LogP contribution >= 0.6 is 0 Å². The molecule has 9 heteroatoms. The van der Waals surface area contributed by atoms with Crippen molar-refractivity contribution in [2.45, 2.75) is 6.18 Å². The van der Waals surface area contributed by atoms with Gasteiger partial charge < -0.3 is 11.1 Å². The number of hydrogen-bond donors (Lipinski definition) is 2. The Bertz CT molecular complexity index is 562. The number of anilines is 3. The van der Waals surface area contributed by atoms with E-state index in [1.165, 1.54) is 17.1 Å². The third-order valence-corrected chi connectivity index (χ3v) is 2.08. The van der Waals surface area contributed by atoms with Crippen molar-refractivity contribution in [3.05, 3.63) is 24.2 Å². The van der Waals surface area contributed by atoms with E-state index in [0.29, 0.717) is 11.9 Å². The molecule has 6 nitrogen and oxygen atoms in total. The van der Waals surface area contributed by atoms with E-state index in [2.05, 4.69) is 20.4 Å². The maximum atomic E-state index is 12.7. The lowest BCUT2D eigenvalue weighted by molar-refractivity contribution is -0.137. The molecular weight excluding hydrogens is 249 g/mol. The highest BCUT2D eigenvalue weighted by Crippen LogP contribution is 2.34. The van der Waals surface area contributed by atoms with E-state index >= 15 is 0 Å². The van der Waals surface area contributed by atoms with Gasteiger partial charge in [-0.05, 0) is 0 Å². The normalized spacial score (nSPS) is 11.6. The number of nitrogens with one attached hydrogen (secondary N) is 1. The van der Waals surface area contributed by atoms with Crippen LogP contribution in [0.4, 0.5) is 30.6 Å². The van der Waals surface area contributed by atoms with Crippen LogP contribution in [0.25, 0.3) is 0 Å². The van der Waals surface area contributed by atoms with Gasteiger partial charge in [0.05, 0.1) is 11.9 Å². The first-order valence-electron chi connectivity index (χ1n) is 4.81. The first kappa shape index (κ1) is 12.1. The summed E-state index contributed by atoms with van der Waals surface area (Å²) in [5, 5.41) is 6.33. The van der Waals surface area contributed by atoms with Crippen LogP contribution < -0.4 is 11.1 Å². The summed E-state index contributed by atoms with van der Waals surface area (Å²) in [6.07, 6.45) is -1.03. The molecule has 2 aromatic rings. The number of halogens is 3. The van der Waals surface area contributed by atoms with Crippen LogP contribution in [0.1, 0.15) is 5.56 Å². The number of aryl methyl sites for hydroxylation is 1. The van der Waals surface area contributed by atoms with E-state index in [0.717, 1.165) is 0 Å². The molecule has 0 aliphatic rings. The Balaban J connectivity index is 2.39. The molecule has 2 heterocycles. The Kier molecular flexibility index (Phi) is 2.81. The van der Waals surface area contributed by atoms with E-state index in [4.69, 9.17) is 5.73 Å². The Morgan fingerprint density at radius 3 is 2.61 bits per heavy atom. The molecule has 0 amide bonds. The molecule has 0 atom stereocenters. The van der Waals surface area contributed by atoms with Crippen LogP contribution in [-0.2, 0) is 13.2 Å². The molecule has 18 heavy (non-hydrogen) atoms. The highest BCUT2D eigenvalue weighted by Gasteiger charge is 2.35. The van der Waals surface area contributed by atoms with Crippen molar-refractivity contribution in [1.82, 2.24) is 19.7 Å². The molecule has 0 fully saturated rings. The number of alkyl halides is 3. The Labute approximate surface area is 99.7 Å². The number of nitrogens with zero attached hydrogens (tertiary/aromatic N) is 4. The summed E-state index contributed by atoms with van der Waals surface area (Å²) < 4.78 is 39.6. The molecular formula is C9H9F3N6. The van der Waals surface area contributed by atoms with Crippen LogP contribution in [0.5, 0.6) is 0 Å². The van der Waals surface area contributed by atoms with E-state index < -0.39 is 17.6 Å².